The number of esters is 1. The van der Waals surface area contributed by atoms with Gasteiger partial charge in [-0.25, -0.2) is 14.4 Å². The Morgan fingerprint density at radius 1 is 1.16 bits per heavy atom. The Hall–Kier alpha value is -3.56. The number of amides is 3. The van der Waals surface area contributed by atoms with E-state index in [0.29, 0.717) is 25.9 Å². The number of nitrogens with one attached hydrogen (secondary N) is 1. The zero-order valence-corrected chi connectivity index (χ0v) is 21.8. The molecule has 3 aliphatic rings. The van der Waals surface area contributed by atoms with E-state index in [1.807, 2.05) is 51.1 Å². The molecular formula is C27H35N3O7. The Morgan fingerprint density at radius 3 is 2.68 bits per heavy atom. The molecule has 37 heavy (non-hydrogen) atoms. The maximum atomic E-state index is 13.7. The van der Waals surface area contributed by atoms with Crippen molar-refractivity contribution in [1.82, 2.24) is 15.1 Å². The maximum Gasteiger partial charge on any atom is 0.410 e. The number of nitrogens with zero attached hydrogens (tertiary/aromatic N) is 2. The normalized spacial score (nSPS) is 25.8. The van der Waals surface area contributed by atoms with E-state index in [0.717, 1.165) is 16.7 Å². The molecule has 0 unspecified atom stereocenters. The van der Waals surface area contributed by atoms with Crippen molar-refractivity contribution >= 4 is 30.1 Å². The first kappa shape index (κ1) is 26.5. The molecule has 0 aliphatic carbocycles. The predicted molar refractivity (Wildman–Crippen MR) is 134 cm³/mol. The van der Waals surface area contributed by atoms with Gasteiger partial charge >= 0.3 is 18.2 Å². The van der Waals surface area contributed by atoms with E-state index < -0.39 is 47.7 Å². The van der Waals surface area contributed by atoms with Crippen LogP contribution in [-0.2, 0) is 36.9 Å². The lowest BCUT2D eigenvalue weighted by atomic mass is 9.85. The lowest BCUT2D eigenvalue weighted by Gasteiger charge is -2.34. The summed E-state index contributed by atoms with van der Waals surface area (Å²) in [6.45, 7) is 6.50. The van der Waals surface area contributed by atoms with Crippen LogP contribution in [0.4, 0.5) is 9.59 Å². The van der Waals surface area contributed by atoms with Crippen molar-refractivity contribution in [3.8, 4) is 0 Å². The maximum absolute atomic E-state index is 13.7. The van der Waals surface area contributed by atoms with Gasteiger partial charge in [0.15, 0.2) is 0 Å². The summed E-state index contributed by atoms with van der Waals surface area (Å²) >= 11 is 0. The molecule has 1 fully saturated rings. The summed E-state index contributed by atoms with van der Waals surface area (Å²) in [4.78, 5) is 54.9. The van der Waals surface area contributed by atoms with Crippen molar-refractivity contribution in [2.24, 2.45) is 5.41 Å². The second-order valence-corrected chi connectivity index (χ2v) is 10.7. The molecule has 3 aliphatic heterocycles. The third-order valence-corrected chi connectivity index (χ3v) is 6.99. The van der Waals surface area contributed by atoms with Gasteiger partial charge in [-0.1, -0.05) is 51.1 Å². The Bertz CT molecular complexity index is 1090. The second-order valence-electron chi connectivity index (χ2n) is 10.7. The van der Waals surface area contributed by atoms with Gasteiger partial charge in [0.2, 0.25) is 5.91 Å². The van der Waals surface area contributed by atoms with Crippen LogP contribution in [0.5, 0.6) is 0 Å². The summed E-state index contributed by atoms with van der Waals surface area (Å²) in [5, 5.41) is 2.68. The quantitative estimate of drug-likeness (QED) is 0.453. The van der Waals surface area contributed by atoms with Gasteiger partial charge in [-0.15, -0.1) is 0 Å². The van der Waals surface area contributed by atoms with Crippen LogP contribution in [0.2, 0.25) is 0 Å². The highest BCUT2D eigenvalue weighted by Crippen LogP contribution is 2.31. The topological polar surface area (TPSA) is 114 Å². The number of allylic oxidation sites excluding steroid dienone is 1. The summed E-state index contributed by atoms with van der Waals surface area (Å²) in [7, 11) is 1.25. The molecule has 3 atom stereocenters. The van der Waals surface area contributed by atoms with Gasteiger partial charge in [0.05, 0.1) is 26.8 Å². The minimum atomic E-state index is -0.964. The van der Waals surface area contributed by atoms with Crippen molar-refractivity contribution in [2.45, 2.75) is 71.3 Å². The average Bonchev–Trinajstić information content (AvgIpc) is 3.47. The van der Waals surface area contributed by atoms with Gasteiger partial charge in [-0.05, 0) is 34.9 Å². The van der Waals surface area contributed by atoms with Crippen molar-refractivity contribution in [1.29, 1.82) is 0 Å². The van der Waals surface area contributed by atoms with Crippen molar-refractivity contribution in [2.75, 3.05) is 20.3 Å². The number of hydrogen-bond acceptors (Lipinski definition) is 7. The monoisotopic (exact) mass is 513 g/mol. The average molecular weight is 514 g/mol. The number of hydrogen-bond donors (Lipinski definition) is 1. The molecule has 3 heterocycles. The first-order valence-corrected chi connectivity index (χ1v) is 12.6. The fraction of sp³-hybridized carbons (Fsp3) is 0.556. The molecule has 10 nitrogen and oxygen atoms in total. The molecule has 200 valence electrons. The zero-order valence-electron chi connectivity index (χ0n) is 21.8. The Balaban J connectivity index is 1.62. The number of benzene rings is 1. The van der Waals surface area contributed by atoms with Gasteiger partial charge in [0.25, 0.3) is 0 Å². The van der Waals surface area contributed by atoms with Gasteiger partial charge in [0, 0.05) is 13.0 Å². The molecule has 0 radical (unpaired) electrons. The number of fused-ring (bicyclic) bond motifs is 3. The number of methoxy groups -OCH3 is 1. The van der Waals surface area contributed by atoms with E-state index in [4.69, 9.17) is 14.2 Å². The van der Waals surface area contributed by atoms with Gasteiger partial charge in [-0.3, -0.25) is 9.69 Å². The van der Waals surface area contributed by atoms with Gasteiger partial charge in [0.1, 0.15) is 18.2 Å². The summed E-state index contributed by atoms with van der Waals surface area (Å²) < 4.78 is 16.1. The van der Waals surface area contributed by atoms with E-state index in [9.17, 15) is 19.2 Å². The number of ether oxygens (including phenoxy) is 3. The van der Waals surface area contributed by atoms with Crippen LogP contribution in [0, 0.1) is 5.41 Å². The highest BCUT2D eigenvalue weighted by atomic mass is 16.6. The van der Waals surface area contributed by atoms with E-state index in [-0.39, 0.29) is 19.6 Å². The van der Waals surface area contributed by atoms with E-state index in [1.54, 1.807) is 4.90 Å². The molecule has 0 saturated carbocycles. The number of carbonyl (C=O) groups is 4. The second kappa shape index (κ2) is 10.8. The third kappa shape index (κ3) is 5.89. The third-order valence-electron chi connectivity index (χ3n) is 6.99. The van der Waals surface area contributed by atoms with Crippen LogP contribution >= 0.6 is 0 Å². The first-order valence-electron chi connectivity index (χ1n) is 12.6. The van der Waals surface area contributed by atoms with Crippen LogP contribution in [-0.4, -0.2) is 72.3 Å². The fourth-order valence-electron chi connectivity index (χ4n) is 4.99. The predicted octanol–water partition coefficient (Wildman–Crippen LogP) is 3.23. The van der Waals surface area contributed by atoms with Crippen molar-refractivity contribution < 1.29 is 33.4 Å². The molecule has 1 aromatic carbocycles. The molecule has 1 saturated heterocycles. The van der Waals surface area contributed by atoms with E-state index in [1.165, 1.54) is 12.0 Å². The Morgan fingerprint density at radius 2 is 1.95 bits per heavy atom. The van der Waals surface area contributed by atoms with Gasteiger partial charge in [-0.2, -0.15) is 0 Å². The van der Waals surface area contributed by atoms with Crippen LogP contribution < -0.4 is 5.32 Å². The highest BCUT2D eigenvalue weighted by molar-refractivity contribution is 5.91. The molecule has 0 aromatic heterocycles. The van der Waals surface area contributed by atoms with Crippen LogP contribution in [0.25, 0.3) is 6.08 Å². The molecule has 1 aromatic rings. The SMILES string of the molecule is COC(=O)[C@@H]1C[C@@H]2CN1C(=O)[C@H](C(C)(C)C)NC(=O)OCCC/C=C/c1cccc3c1CN(C3)C(=O)O2. The number of cyclic esters (lactones) is 1. The lowest BCUT2D eigenvalue weighted by molar-refractivity contribution is -0.152. The minimum absolute atomic E-state index is 0.0163. The van der Waals surface area contributed by atoms with Crippen LogP contribution in [0.3, 0.4) is 0 Å². The van der Waals surface area contributed by atoms with Gasteiger partial charge < -0.3 is 24.4 Å². The fourth-order valence-corrected chi connectivity index (χ4v) is 4.99. The molecule has 0 spiro atoms. The van der Waals surface area contributed by atoms with Crippen molar-refractivity contribution in [3.05, 3.63) is 41.0 Å². The molecule has 3 amide bonds. The minimum Gasteiger partial charge on any atom is -0.467 e. The molecule has 10 heteroatoms. The molecular weight excluding hydrogens is 478 g/mol. The molecule has 4 bridgehead atoms. The largest absolute Gasteiger partial charge is 0.467 e. The Labute approximate surface area is 216 Å². The van der Waals surface area contributed by atoms with E-state index in [2.05, 4.69) is 5.32 Å². The number of alkyl carbamates (subject to hydrolysis) is 1. The summed E-state index contributed by atoms with van der Waals surface area (Å²) in [6, 6.07) is 4.06. The molecule has 1 N–H and O–H groups in total. The Kier molecular flexibility index (Phi) is 7.75. The van der Waals surface area contributed by atoms with E-state index >= 15 is 0 Å². The summed E-state index contributed by atoms with van der Waals surface area (Å²) in [5.41, 5.74) is 2.47. The smallest absolute Gasteiger partial charge is 0.410 e. The standard InChI is InChI=1S/C27H35N3O7/c1-27(2,3)22-23(31)30-15-19(13-21(30)24(32)35-4)37-26(34)29-14-18-11-8-10-17(20(18)16-29)9-6-5-7-12-36-25(33)28-22/h6,8-11,19,21-22H,5,7,12-16H2,1-4H3,(H,28,33)/b9-6+/t19-,21+,22-/m1/s1. The lowest BCUT2D eigenvalue weighted by Crippen LogP contribution is -2.57. The first-order chi connectivity index (χ1) is 17.6. The number of carbonyl (C=O) groups excluding carboxylic acids is 4. The molecule has 4 rings (SSSR count). The van der Waals surface area contributed by atoms with Crippen LogP contribution in [0.15, 0.2) is 24.3 Å². The summed E-state index contributed by atoms with van der Waals surface area (Å²) in [6.07, 6.45) is 3.56. The van der Waals surface area contributed by atoms with Crippen molar-refractivity contribution in [3.63, 3.8) is 0 Å². The highest BCUT2D eigenvalue weighted by Gasteiger charge is 2.47. The zero-order chi connectivity index (χ0) is 26.7. The van der Waals surface area contributed by atoms with Crippen LogP contribution in [0.1, 0.15) is 56.7 Å². The summed E-state index contributed by atoms with van der Waals surface area (Å²) in [5.74, 6) is -1.06. The number of rotatable bonds is 1.